The lowest BCUT2D eigenvalue weighted by Crippen LogP contribution is -2.35. The molecule has 1 heterocycles. The molecule has 2 aromatic rings. The van der Waals surface area contributed by atoms with Gasteiger partial charge in [0.25, 0.3) is 5.91 Å². The second kappa shape index (κ2) is 6.10. The summed E-state index contributed by atoms with van der Waals surface area (Å²) in [7, 11) is 0. The van der Waals surface area contributed by atoms with Gasteiger partial charge in [0, 0.05) is 0 Å². The van der Waals surface area contributed by atoms with Crippen molar-refractivity contribution in [1.82, 2.24) is 5.43 Å². The van der Waals surface area contributed by atoms with Crippen LogP contribution in [-0.4, -0.2) is 23.5 Å². The number of benzene rings is 2. The van der Waals surface area contributed by atoms with Crippen LogP contribution in [0, 0.1) is 0 Å². The molecule has 0 bridgehead atoms. The van der Waals surface area contributed by atoms with Crippen molar-refractivity contribution in [3.05, 3.63) is 66.2 Å². The van der Waals surface area contributed by atoms with Gasteiger partial charge in [-0.1, -0.05) is 41.6 Å². The number of nitrogens with zero attached hydrogens (tertiary/aromatic N) is 2. The van der Waals surface area contributed by atoms with Gasteiger partial charge >= 0.3 is 11.9 Å². The first-order valence-corrected chi connectivity index (χ1v) is 6.71. The van der Waals surface area contributed by atoms with Gasteiger partial charge in [-0.25, -0.2) is 9.80 Å². The second-order valence-electron chi connectivity index (χ2n) is 4.60. The number of carbonyl (C=O) groups excluding carboxylic acids is 3. The number of hydrogen-bond acceptors (Lipinski definition) is 5. The van der Waals surface area contributed by atoms with Crippen molar-refractivity contribution in [3.8, 4) is 0 Å². The highest BCUT2D eigenvalue weighted by molar-refractivity contribution is 6.70. The summed E-state index contributed by atoms with van der Waals surface area (Å²) >= 11 is 0. The van der Waals surface area contributed by atoms with Crippen LogP contribution in [0.25, 0.3) is 0 Å². The summed E-state index contributed by atoms with van der Waals surface area (Å²) in [6.45, 7) is 0. The Bertz CT molecular complexity index is 787. The third kappa shape index (κ3) is 2.93. The van der Waals surface area contributed by atoms with Gasteiger partial charge in [0.15, 0.2) is 0 Å². The fourth-order valence-corrected chi connectivity index (χ4v) is 1.96. The van der Waals surface area contributed by atoms with Crippen LogP contribution in [0.5, 0.6) is 0 Å². The van der Waals surface area contributed by atoms with Crippen LogP contribution >= 0.6 is 0 Å². The van der Waals surface area contributed by atoms with Gasteiger partial charge in [-0.05, 0) is 24.3 Å². The van der Waals surface area contributed by atoms with E-state index in [9.17, 15) is 14.4 Å². The van der Waals surface area contributed by atoms with Crippen molar-refractivity contribution < 1.29 is 19.2 Å². The zero-order chi connectivity index (χ0) is 16.2. The molecule has 0 aliphatic carbocycles. The van der Waals surface area contributed by atoms with Crippen LogP contribution in [0.1, 0.15) is 10.4 Å². The number of oxime groups is 1. The molecule has 1 N–H and O–H groups in total. The lowest BCUT2D eigenvalue weighted by Gasteiger charge is -2.13. The van der Waals surface area contributed by atoms with Crippen LogP contribution < -0.4 is 10.4 Å². The summed E-state index contributed by atoms with van der Waals surface area (Å²) < 4.78 is 0. The maximum absolute atomic E-state index is 12.2. The fourth-order valence-electron chi connectivity index (χ4n) is 1.96. The molecule has 1 saturated heterocycles. The van der Waals surface area contributed by atoms with E-state index in [1.807, 2.05) is 0 Å². The predicted octanol–water partition coefficient (Wildman–Crippen LogP) is 1.28. The minimum Gasteiger partial charge on any atom is -0.312 e. The Hall–Kier alpha value is -3.48. The lowest BCUT2D eigenvalue weighted by molar-refractivity contribution is -0.114. The SMILES string of the molecule is O=C1NN(c2ccccc2)C(=O)/C1=N\OC(=O)c1ccccc1. The molecule has 7 heteroatoms. The Labute approximate surface area is 131 Å². The quantitative estimate of drug-likeness (QED) is 0.683. The molecule has 0 atom stereocenters. The maximum atomic E-state index is 12.2. The van der Waals surface area contributed by atoms with Crippen LogP contribution in [0.2, 0.25) is 0 Å². The first-order chi connectivity index (χ1) is 11.2. The molecule has 0 unspecified atom stereocenters. The van der Waals surface area contributed by atoms with Crippen molar-refractivity contribution >= 4 is 29.2 Å². The van der Waals surface area contributed by atoms with Gasteiger partial charge in [0.2, 0.25) is 5.71 Å². The van der Waals surface area contributed by atoms with E-state index in [2.05, 4.69) is 15.4 Å². The molecular formula is C16H11N3O4. The zero-order valence-electron chi connectivity index (χ0n) is 11.8. The van der Waals surface area contributed by atoms with Crippen LogP contribution in [0.3, 0.4) is 0 Å². The first-order valence-electron chi connectivity index (χ1n) is 6.71. The highest BCUT2D eigenvalue weighted by atomic mass is 16.7. The third-order valence-electron chi connectivity index (χ3n) is 3.08. The highest BCUT2D eigenvalue weighted by Crippen LogP contribution is 2.15. The number of carbonyl (C=O) groups is 3. The molecule has 0 saturated carbocycles. The topological polar surface area (TPSA) is 88.1 Å². The maximum Gasteiger partial charge on any atom is 0.365 e. The summed E-state index contributed by atoms with van der Waals surface area (Å²) in [6.07, 6.45) is 0. The molecular weight excluding hydrogens is 298 g/mol. The number of rotatable bonds is 3. The molecule has 23 heavy (non-hydrogen) atoms. The molecule has 3 rings (SSSR count). The first kappa shape index (κ1) is 14.5. The van der Waals surface area contributed by atoms with E-state index in [4.69, 9.17) is 0 Å². The lowest BCUT2D eigenvalue weighted by atomic mass is 10.2. The van der Waals surface area contributed by atoms with E-state index in [0.29, 0.717) is 5.69 Å². The Balaban J connectivity index is 1.77. The minimum absolute atomic E-state index is 0.266. The smallest absolute Gasteiger partial charge is 0.312 e. The summed E-state index contributed by atoms with van der Waals surface area (Å²) in [5.41, 5.74) is 2.61. The number of hydrazine groups is 1. The van der Waals surface area contributed by atoms with Crippen LogP contribution in [0.15, 0.2) is 65.8 Å². The van der Waals surface area contributed by atoms with Gasteiger partial charge in [0.1, 0.15) is 0 Å². The van der Waals surface area contributed by atoms with Crippen molar-refractivity contribution in [2.75, 3.05) is 5.01 Å². The number of hydrogen-bond donors (Lipinski definition) is 1. The van der Waals surface area contributed by atoms with Gasteiger partial charge < -0.3 is 4.84 Å². The van der Waals surface area contributed by atoms with E-state index in [0.717, 1.165) is 5.01 Å². The molecule has 1 aliphatic heterocycles. The Morgan fingerprint density at radius 1 is 0.957 bits per heavy atom. The standard InChI is InChI=1S/C16H11N3O4/c20-14-13(18-23-16(22)11-7-3-1-4-8-11)15(21)19(17-14)12-9-5-2-6-10-12/h1-10H,(H,17,20)/b18-13-. The predicted molar refractivity (Wildman–Crippen MR) is 81.4 cm³/mol. The number of anilines is 1. The minimum atomic E-state index is -0.753. The third-order valence-corrected chi connectivity index (χ3v) is 3.08. The average molecular weight is 309 g/mol. The van der Waals surface area contributed by atoms with E-state index in [1.165, 1.54) is 12.1 Å². The van der Waals surface area contributed by atoms with Crippen LogP contribution in [-0.2, 0) is 14.4 Å². The molecule has 7 nitrogen and oxygen atoms in total. The Morgan fingerprint density at radius 2 is 1.57 bits per heavy atom. The van der Waals surface area contributed by atoms with Gasteiger partial charge in [0.05, 0.1) is 11.3 Å². The molecule has 1 fully saturated rings. The van der Waals surface area contributed by atoms with Gasteiger partial charge in [-0.3, -0.25) is 15.0 Å². The van der Waals surface area contributed by atoms with E-state index in [1.54, 1.807) is 48.5 Å². The van der Waals surface area contributed by atoms with Gasteiger partial charge in [-0.2, -0.15) is 0 Å². The average Bonchev–Trinajstić information content (AvgIpc) is 2.88. The summed E-state index contributed by atoms with van der Waals surface area (Å²) in [5, 5.41) is 4.44. The highest BCUT2D eigenvalue weighted by Gasteiger charge is 2.37. The molecule has 0 spiro atoms. The second-order valence-corrected chi connectivity index (χ2v) is 4.60. The van der Waals surface area contributed by atoms with E-state index >= 15 is 0 Å². The Kier molecular flexibility index (Phi) is 3.84. The van der Waals surface area contributed by atoms with Crippen molar-refractivity contribution in [3.63, 3.8) is 0 Å². The summed E-state index contributed by atoms with van der Waals surface area (Å²) in [6, 6.07) is 16.7. The molecule has 2 aromatic carbocycles. The zero-order valence-corrected chi connectivity index (χ0v) is 11.8. The van der Waals surface area contributed by atoms with Gasteiger partial charge in [-0.15, -0.1) is 0 Å². The number of amides is 2. The van der Waals surface area contributed by atoms with Crippen molar-refractivity contribution in [2.45, 2.75) is 0 Å². The largest absolute Gasteiger partial charge is 0.365 e. The monoisotopic (exact) mass is 309 g/mol. The normalized spacial score (nSPS) is 15.7. The van der Waals surface area contributed by atoms with E-state index in [-0.39, 0.29) is 5.56 Å². The Morgan fingerprint density at radius 3 is 2.22 bits per heavy atom. The molecule has 0 aromatic heterocycles. The van der Waals surface area contributed by atoms with Crippen LogP contribution in [0.4, 0.5) is 5.69 Å². The molecule has 114 valence electrons. The number of nitrogens with one attached hydrogen (secondary N) is 1. The molecule has 0 radical (unpaired) electrons. The molecule has 1 aliphatic rings. The van der Waals surface area contributed by atoms with E-state index < -0.39 is 23.5 Å². The van der Waals surface area contributed by atoms with Crippen molar-refractivity contribution in [2.24, 2.45) is 5.16 Å². The summed E-state index contributed by atoms with van der Waals surface area (Å²) in [5.74, 6) is -2.18. The fraction of sp³-hybridized carbons (Fsp3) is 0. The summed E-state index contributed by atoms with van der Waals surface area (Å²) in [4.78, 5) is 40.5. The molecule has 2 amide bonds. The number of para-hydroxylation sites is 1. The van der Waals surface area contributed by atoms with Crippen molar-refractivity contribution in [1.29, 1.82) is 0 Å².